The first-order valence-electron chi connectivity index (χ1n) is 10.6. The van der Waals surface area contributed by atoms with Crippen molar-refractivity contribution in [2.75, 3.05) is 27.3 Å². The van der Waals surface area contributed by atoms with Crippen LogP contribution in [0.5, 0.6) is 0 Å². The number of carbonyl (C=O) groups excluding carboxylic acids is 1. The monoisotopic (exact) mass is 382 g/mol. The first kappa shape index (κ1) is 18.2. The Morgan fingerprint density at radius 1 is 1.21 bits per heavy atom. The number of esters is 1. The second-order valence-corrected chi connectivity index (χ2v) is 8.95. The number of rotatable bonds is 2. The highest BCUT2D eigenvalue weighted by Gasteiger charge is 2.52. The highest BCUT2D eigenvalue weighted by Crippen LogP contribution is 2.51. The van der Waals surface area contributed by atoms with Gasteiger partial charge < -0.3 is 14.5 Å². The normalized spacial score (nSPS) is 35.1. The topological polar surface area (TPSA) is 54.6 Å². The number of fused-ring (bicyclic) bond motifs is 6. The van der Waals surface area contributed by atoms with Gasteiger partial charge in [0.2, 0.25) is 0 Å². The Kier molecular flexibility index (Phi) is 4.48. The lowest BCUT2D eigenvalue weighted by molar-refractivity contribution is -0.167. The summed E-state index contributed by atoms with van der Waals surface area (Å²) in [6.07, 6.45) is 3.17. The van der Waals surface area contributed by atoms with Crippen LogP contribution in [0.25, 0.3) is 10.9 Å². The Labute approximate surface area is 166 Å². The summed E-state index contributed by atoms with van der Waals surface area (Å²) in [4.78, 5) is 19.1. The quantitative estimate of drug-likeness (QED) is 0.807. The summed E-state index contributed by atoms with van der Waals surface area (Å²) in [7, 11) is 3.25. The molecular weight excluding hydrogens is 352 g/mol. The molecule has 0 amide bonds. The van der Waals surface area contributed by atoms with E-state index >= 15 is 0 Å². The number of carbonyl (C=O) groups is 1. The molecule has 150 valence electrons. The average molecular weight is 383 g/mol. The lowest BCUT2D eigenvalue weighted by Gasteiger charge is -2.53. The average Bonchev–Trinajstić information content (AvgIpc) is 3.10. The van der Waals surface area contributed by atoms with E-state index in [4.69, 9.17) is 9.47 Å². The smallest absolute Gasteiger partial charge is 0.311 e. The van der Waals surface area contributed by atoms with Crippen molar-refractivity contribution in [2.45, 2.75) is 38.3 Å². The molecule has 0 radical (unpaired) electrons. The number of ether oxygens (including phenoxy) is 2. The maximum absolute atomic E-state index is 12.8. The van der Waals surface area contributed by atoms with Crippen LogP contribution in [0.1, 0.15) is 37.1 Å². The second kappa shape index (κ2) is 6.89. The van der Waals surface area contributed by atoms with Gasteiger partial charge in [0.05, 0.1) is 25.2 Å². The summed E-state index contributed by atoms with van der Waals surface area (Å²) in [5.41, 5.74) is 4.06. The predicted octanol–water partition coefficient (Wildman–Crippen LogP) is 3.55. The van der Waals surface area contributed by atoms with Crippen molar-refractivity contribution in [3.05, 3.63) is 35.5 Å². The number of H-pyrrole nitrogens is 1. The number of aromatic nitrogens is 1. The van der Waals surface area contributed by atoms with Gasteiger partial charge in [0.25, 0.3) is 0 Å². The number of benzene rings is 1. The van der Waals surface area contributed by atoms with Crippen LogP contribution < -0.4 is 0 Å². The highest BCUT2D eigenvalue weighted by atomic mass is 16.5. The third kappa shape index (κ3) is 2.63. The second-order valence-electron chi connectivity index (χ2n) is 8.95. The van der Waals surface area contributed by atoms with Gasteiger partial charge in [-0.2, -0.15) is 0 Å². The van der Waals surface area contributed by atoms with Crippen LogP contribution in [0.15, 0.2) is 24.3 Å². The molecule has 2 aliphatic heterocycles. The number of hydrogen-bond donors (Lipinski definition) is 1. The Morgan fingerprint density at radius 2 is 2.04 bits per heavy atom. The lowest BCUT2D eigenvalue weighted by Crippen LogP contribution is -2.55. The summed E-state index contributed by atoms with van der Waals surface area (Å²) < 4.78 is 11.1. The zero-order valence-corrected chi connectivity index (χ0v) is 17.0. The molecule has 0 bridgehead atoms. The molecule has 1 aromatic heterocycles. The maximum Gasteiger partial charge on any atom is 0.311 e. The van der Waals surface area contributed by atoms with Crippen molar-refractivity contribution in [1.29, 1.82) is 0 Å². The number of nitrogens with one attached hydrogen (secondary N) is 1. The molecule has 1 saturated heterocycles. The van der Waals surface area contributed by atoms with Crippen LogP contribution in [-0.2, 0) is 20.7 Å². The largest absolute Gasteiger partial charge is 0.469 e. The summed E-state index contributed by atoms with van der Waals surface area (Å²) in [6, 6.07) is 8.98. The van der Waals surface area contributed by atoms with Crippen LogP contribution in [-0.4, -0.2) is 49.3 Å². The molecule has 1 unspecified atom stereocenters. The van der Waals surface area contributed by atoms with Gasteiger partial charge in [-0.15, -0.1) is 0 Å². The van der Waals surface area contributed by atoms with E-state index in [0.717, 1.165) is 32.4 Å². The van der Waals surface area contributed by atoms with Gasteiger partial charge in [0, 0.05) is 36.8 Å². The van der Waals surface area contributed by atoms with Gasteiger partial charge in [0.1, 0.15) is 0 Å². The number of para-hydroxylation sites is 1. The minimum atomic E-state index is -0.166. The lowest BCUT2D eigenvalue weighted by atomic mass is 9.62. The number of piperidine rings is 1. The van der Waals surface area contributed by atoms with Crippen molar-refractivity contribution >= 4 is 16.9 Å². The van der Waals surface area contributed by atoms with E-state index in [1.54, 1.807) is 7.11 Å². The van der Waals surface area contributed by atoms with E-state index in [2.05, 4.69) is 41.1 Å². The van der Waals surface area contributed by atoms with E-state index in [0.29, 0.717) is 23.8 Å². The SMILES string of the molecule is COC(=O)[C@H]1[C@H]2C[C@@H]3c4[nH]c5ccccc5c4CCN3C[C@H]2CC(C)[C@@H]1OC. The highest BCUT2D eigenvalue weighted by molar-refractivity contribution is 5.85. The molecule has 3 aliphatic rings. The number of nitrogens with zero attached hydrogens (tertiary/aromatic N) is 1. The van der Waals surface area contributed by atoms with Crippen molar-refractivity contribution in [2.24, 2.45) is 23.7 Å². The fourth-order valence-corrected chi connectivity index (χ4v) is 6.46. The third-order valence-corrected chi connectivity index (χ3v) is 7.64. The Morgan fingerprint density at radius 3 is 2.82 bits per heavy atom. The van der Waals surface area contributed by atoms with Gasteiger partial charge in [-0.3, -0.25) is 9.69 Å². The molecule has 1 N–H and O–H groups in total. The summed E-state index contributed by atoms with van der Waals surface area (Å²) >= 11 is 0. The van der Waals surface area contributed by atoms with Gasteiger partial charge in [-0.25, -0.2) is 0 Å². The van der Waals surface area contributed by atoms with Gasteiger partial charge in [-0.1, -0.05) is 25.1 Å². The molecule has 1 saturated carbocycles. The maximum atomic E-state index is 12.8. The molecule has 5 rings (SSSR count). The minimum absolute atomic E-state index is 0.0500. The van der Waals surface area contributed by atoms with Gasteiger partial charge >= 0.3 is 5.97 Å². The molecule has 3 heterocycles. The summed E-state index contributed by atoms with van der Waals surface area (Å²) in [5, 5.41) is 1.36. The Hall–Kier alpha value is -1.85. The van der Waals surface area contributed by atoms with E-state index in [1.165, 1.54) is 29.3 Å². The summed E-state index contributed by atoms with van der Waals surface area (Å²) in [5.74, 6) is 0.954. The zero-order valence-electron chi connectivity index (χ0n) is 17.0. The molecule has 1 aromatic carbocycles. The Balaban J connectivity index is 1.52. The van der Waals surface area contributed by atoms with Crippen molar-refractivity contribution in [3.63, 3.8) is 0 Å². The van der Waals surface area contributed by atoms with E-state index < -0.39 is 0 Å². The summed E-state index contributed by atoms with van der Waals surface area (Å²) in [6.45, 7) is 4.39. The van der Waals surface area contributed by atoms with Crippen LogP contribution >= 0.6 is 0 Å². The standard InChI is InChI=1S/C23H30N2O3/c1-13-10-14-12-25-9-8-16-15-6-4-5-7-18(15)24-21(16)19(25)11-17(14)20(22(13)27-2)23(26)28-3/h4-7,13-14,17,19-20,22,24H,8-12H2,1-3H3/t13?,14-,17+,19-,20+,22+/m1/s1. The van der Waals surface area contributed by atoms with Crippen LogP contribution in [0.2, 0.25) is 0 Å². The van der Waals surface area contributed by atoms with Crippen LogP contribution in [0.3, 0.4) is 0 Å². The van der Waals surface area contributed by atoms with E-state index in [1.807, 2.05) is 0 Å². The van der Waals surface area contributed by atoms with Crippen molar-refractivity contribution < 1.29 is 14.3 Å². The number of hydrogen-bond acceptors (Lipinski definition) is 4. The van der Waals surface area contributed by atoms with Crippen molar-refractivity contribution in [3.8, 4) is 0 Å². The minimum Gasteiger partial charge on any atom is -0.469 e. The van der Waals surface area contributed by atoms with Crippen LogP contribution in [0, 0.1) is 23.7 Å². The molecule has 5 nitrogen and oxygen atoms in total. The fourth-order valence-electron chi connectivity index (χ4n) is 6.46. The predicted molar refractivity (Wildman–Crippen MR) is 108 cm³/mol. The molecule has 0 spiro atoms. The third-order valence-electron chi connectivity index (χ3n) is 7.64. The molecule has 2 aromatic rings. The first-order chi connectivity index (χ1) is 13.6. The fraction of sp³-hybridized carbons (Fsp3) is 0.609. The number of aromatic amines is 1. The molecule has 6 atom stereocenters. The van der Waals surface area contributed by atoms with E-state index in [9.17, 15) is 4.79 Å². The van der Waals surface area contributed by atoms with E-state index in [-0.39, 0.29) is 18.0 Å². The molecule has 5 heteroatoms. The molecule has 28 heavy (non-hydrogen) atoms. The molecule has 1 aliphatic carbocycles. The van der Waals surface area contributed by atoms with Gasteiger partial charge in [0.15, 0.2) is 0 Å². The Bertz CT molecular complexity index is 891. The van der Waals surface area contributed by atoms with Crippen molar-refractivity contribution in [1.82, 2.24) is 9.88 Å². The molecular formula is C23H30N2O3. The molecule has 2 fully saturated rings. The van der Waals surface area contributed by atoms with Gasteiger partial charge in [-0.05, 0) is 48.6 Å². The number of methoxy groups -OCH3 is 2. The first-order valence-corrected chi connectivity index (χ1v) is 10.6. The van der Waals surface area contributed by atoms with Crippen LogP contribution in [0.4, 0.5) is 0 Å². The zero-order chi connectivity index (χ0) is 19.4.